The van der Waals surface area contributed by atoms with Crippen molar-refractivity contribution in [2.75, 3.05) is 27.2 Å². The van der Waals surface area contributed by atoms with Crippen LogP contribution in [0.2, 0.25) is 0 Å². The maximum absolute atomic E-state index is 11.9. The quantitative estimate of drug-likeness (QED) is 0.626. The molecule has 2 heterocycles. The number of likely N-dealkylation sites (tertiary alicyclic amines) is 1. The molecule has 1 aliphatic rings. The van der Waals surface area contributed by atoms with Gasteiger partial charge in [-0.25, -0.2) is 9.78 Å². The summed E-state index contributed by atoms with van der Waals surface area (Å²) in [4.78, 5) is 22.5. The number of rotatable bonds is 4. The number of nitrogens with one attached hydrogen (secondary N) is 2. The average molecular weight is 363 g/mol. The van der Waals surface area contributed by atoms with E-state index in [1.54, 1.807) is 20.4 Å². The van der Waals surface area contributed by atoms with Crippen molar-refractivity contribution in [3.05, 3.63) is 23.9 Å². The summed E-state index contributed by atoms with van der Waals surface area (Å²) in [5.41, 5.74) is 0.562. The summed E-state index contributed by atoms with van der Waals surface area (Å²) in [6, 6.07) is 3.86. The molecule has 144 valence electrons. The summed E-state index contributed by atoms with van der Waals surface area (Å²) in [5, 5.41) is 6.26. The first-order valence-electron chi connectivity index (χ1n) is 8.75. The summed E-state index contributed by atoms with van der Waals surface area (Å²) < 4.78 is 10.5. The minimum absolute atomic E-state index is 0.0458. The van der Waals surface area contributed by atoms with Crippen LogP contribution < -0.4 is 15.4 Å². The number of carbonyl (C=O) groups is 1. The van der Waals surface area contributed by atoms with Crippen LogP contribution in [0.5, 0.6) is 5.88 Å². The Kier molecular flexibility index (Phi) is 6.65. The largest absolute Gasteiger partial charge is 0.481 e. The monoisotopic (exact) mass is 363 g/mol. The molecule has 2 N–H and O–H groups in total. The molecule has 0 aromatic carbocycles. The lowest BCUT2D eigenvalue weighted by Gasteiger charge is -2.23. The third-order valence-electron chi connectivity index (χ3n) is 3.88. The van der Waals surface area contributed by atoms with Crippen molar-refractivity contribution in [2.24, 2.45) is 4.99 Å². The number of guanidine groups is 1. The number of methoxy groups -OCH3 is 1. The van der Waals surface area contributed by atoms with Crippen molar-refractivity contribution in [1.82, 2.24) is 20.5 Å². The third kappa shape index (κ3) is 6.09. The Bertz CT molecular complexity index is 642. The number of ether oxygens (including phenoxy) is 2. The fourth-order valence-corrected chi connectivity index (χ4v) is 2.73. The SMILES string of the molecule is CN=C(NCc1ccnc(OC)c1)N1CCC(NC(=O)OC(C)(C)C)C1. The third-order valence-corrected chi connectivity index (χ3v) is 3.88. The van der Waals surface area contributed by atoms with Crippen LogP contribution in [0, 0.1) is 0 Å². The molecule has 0 aliphatic carbocycles. The van der Waals surface area contributed by atoms with Crippen molar-refractivity contribution in [3.63, 3.8) is 0 Å². The van der Waals surface area contributed by atoms with E-state index in [1.165, 1.54) is 0 Å². The Morgan fingerprint density at radius 3 is 2.88 bits per heavy atom. The maximum Gasteiger partial charge on any atom is 0.407 e. The smallest absolute Gasteiger partial charge is 0.407 e. The van der Waals surface area contributed by atoms with Gasteiger partial charge in [-0.3, -0.25) is 4.99 Å². The molecule has 8 nitrogen and oxygen atoms in total. The van der Waals surface area contributed by atoms with E-state index in [0.29, 0.717) is 19.0 Å². The van der Waals surface area contributed by atoms with Crippen LogP contribution in [-0.2, 0) is 11.3 Å². The van der Waals surface area contributed by atoms with Crippen LogP contribution in [0.25, 0.3) is 0 Å². The highest BCUT2D eigenvalue weighted by Crippen LogP contribution is 2.13. The number of carbonyl (C=O) groups excluding carboxylic acids is 1. The number of hydrogen-bond acceptors (Lipinski definition) is 5. The van der Waals surface area contributed by atoms with Crippen LogP contribution >= 0.6 is 0 Å². The number of aromatic nitrogens is 1. The lowest BCUT2D eigenvalue weighted by Crippen LogP contribution is -2.44. The van der Waals surface area contributed by atoms with Crippen LogP contribution in [0.4, 0.5) is 4.79 Å². The molecule has 1 aliphatic heterocycles. The molecule has 1 atom stereocenters. The van der Waals surface area contributed by atoms with Gasteiger partial charge in [0.15, 0.2) is 5.96 Å². The number of alkyl carbamates (subject to hydrolysis) is 1. The van der Waals surface area contributed by atoms with Crippen LogP contribution in [0.15, 0.2) is 23.3 Å². The van der Waals surface area contributed by atoms with E-state index >= 15 is 0 Å². The summed E-state index contributed by atoms with van der Waals surface area (Å²) in [6.07, 6.45) is 2.19. The van der Waals surface area contributed by atoms with Gasteiger partial charge in [0.05, 0.1) is 13.2 Å². The molecule has 1 unspecified atom stereocenters. The lowest BCUT2D eigenvalue weighted by atomic mass is 10.2. The second kappa shape index (κ2) is 8.73. The van der Waals surface area contributed by atoms with Gasteiger partial charge < -0.3 is 25.0 Å². The van der Waals surface area contributed by atoms with Crippen LogP contribution in [0.3, 0.4) is 0 Å². The van der Waals surface area contributed by atoms with E-state index in [0.717, 1.165) is 24.5 Å². The van der Waals surface area contributed by atoms with Gasteiger partial charge in [-0.15, -0.1) is 0 Å². The lowest BCUT2D eigenvalue weighted by molar-refractivity contribution is 0.0507. The van der Waals surface area contributed by atoms with Crippen molar-refractivity contribution in [1.29, 1.82) is 0 Å². The highest BCUT2D eigenvalue weighted by molar-refractivity contribution is 5.80. The van der Waals surface area contributed by atoms with Crippen LogP contribution in [0.1, 0.15) is 32.8 Å². The highest BCUT2D eigenvalue weighted by Gasteiger charge is 2.27. The van der Waals surface area contributed by atoms with E-state index in [4.69, 9.17) is 9.47 Å². The van der Waals surface area contributed by atoms with Gasteiger partial charge in [0.25, 0.3) is 0 Å². The zero-order valence-corrected chi connectivity index (χ0v) is 16.2. The summed E-state index contributed by atoms with van der Waals surface area (Å²) in [5.74, 6) is 1.39. The molecular weight excluding hydrogens is 334 g/mol. The predicted octanol–water partition coefficient (Wildman–Crippen LogP) is 1.76. The molecule has 1 amide bonds. The zero-order valence-electron chi connectivity index (χ0n) is 16.2. The molecule has 0 saturated carbocycles. The average Bonchev–Trinajstić information content (AvgIpc) is 3.02. The summed E-state index contributed by atoms with van der Waals surface area (Å²) in [6.45, 7) is 7.69. The molecule has 1 fully saturated rings. The van der Waals surface area contributed by atoms with E-state index in [2.05, 4.69) is 25.5 Å². The molecule has 0 radical (unpaired) electrons. The Morgan fingerprint density at radius 2 is 2.23 bits per heavy atom. The first kappa shape index (κ1) is 19.8. The molecule has 0 bridgehead atoms. The normalized spacial score (nSPS) is 17.8. The molecule has 26 heavy (non-hydrogen) atoms. The highest BCUT2D eigenvalue weighted by atomic mass is 16.6. The van der Waals surface area contributed by atoms with Gasteiger partial charge in [0, 0.05) is 38.9 Å². The number of hydrogen-bond donors (Lipinski definition) is 2. The van der Waals surface area contributed by atoms with Crippen molar-refractivity contribution >= 4 is 12.1 Å². The molecule has 1 aromatic rings. The van der Waals surface area contributed by atoms with Crippen molar-refractivity contribution in [2.45, 2.75) is 45.4 Å². The molecular formula is C18H29N5O3. The summed E-state index contributed by atoms with van der Waals surface area (Å²) >= 11 is 0. The van der Waals surface area contributed by atoms with Gasteiger partial charge in [-0.2, -0.15) is 0 Å². The van der Waals surface area contributed by atoms with Crippen molar-refractivity contribution in [3.8, 4) is 5.88 Å². The zero-order chi connectivity index (χ0) is 19.2. The number of nitrogens with zero attached hydrogens (tertiary/aromatic N) is 3. The number of amides is 1. The van der Waals surface area contributed by atoms with E-state index in [9.17, 15) is 4.79 Å². The van der Waals surface area contributed by atoms with Gasteiger partial charge in [0.2, 0.25) is 5.88 Å². The minimum Gasteiger partial charge on any atom is -0.481 e. The second-order valence-corrected chi connectivity index (χ2v) is 7.19. The fraction of sp³-hybridized carbons (Fsp3) is 0.611. The molecule has 8 heteroatoms. The maximum atomic E-state index is 11.9. The van der Waals surface area contributed by atoms with E-state index < -0.39 is 5.60 Å². The van der Waals surface area contributed by atoms with E-state index in [-0.39, 0.29) is 12.1 Å². The first-order valence-corrected chi connectivity index (χ1v) is 8.75. The molecule has 0 spiro atoms. The van der Waals surface area contributed by atoms with Crippen molar-refractivity contribution < 1.29 is 14.3 Å². The van der Waals surface area contributed by atoms with Gasteiger partial charge >= 0.3 is 6.09 Å². The Labute approximate surface area is 155 Å². The topological polar surface area (TPSA) is 88.1 Å². The number of pyridine rings is 1. The molecule has 1 saturated heterocycles. The summed E-state index contributed by atoms with van der Waals surface area (Å²) in [7, 11) is 3.35. The minimum atomic E-state index is -0.494. The first-order chi connectivity index (χ1) is 12.3. The second-order valence-electron chi connectivity index (χ2n) is 7.19. The van der Waals surface area contributed by atoms with Gasteiger partial charge in [-0.1, -0.05) is 0 Å². The predicted molar refractivity (Wildman–Crippen MR) is 100 cm³/mol. The number of aliphatic imine (C=N–C) groups is 1. The Balaban J connectivity index is 1.84. The van der Waals surface area contributed by atoms with E-state index in [1.807, 2.05) is 32.9 Å². The Morgan fingerprint density at radius 1 is 1.46 bits per heavy atom. The van der Waals surface area contributed by atoms with Gasteiger partial charge in [0.1, 0.15) is 5.60 Å². The Hall–Kier alpha value is -2.51. The van der Waals surface area contributed by atoms with Gasteiger partial charge in [-0.05, 0) is 38.8 Å². The van der Waals surface area contributed by atoms with Crippen LogP contribution in [-0.4, -0.2) is 60.8 Å². The molecule has 2 rings (SSSR count). The molecule has 1 aromatic heterocycles. The standard InChI is InChI=1S/C18H29N5O3/c1-18(2,3)26-17(24)22-14-7-9-23(12-14)16(19-4)21-11-13-6-8-20-15(10-13)25-5/h6,8,10,14H,7,9,11-12H2,1-5H3,(H,19,21)(H,22,24). The fourth-order valence-electron chi connectivity index (χ4n) is 2.73.